The summed E-state index contributed by atoms with van der Waals surface area (Å²) < 4.78 is 13.6. The van der Waals surface area contributed by atoms with E-state index in [0.29, 0.717) is 24.1 Å². The SMILES string of the molecule is Cc1cnc(C(=O)NC2CCc3ccccc3NC2=O)nc1-c1cccc(F)c1. The van der Waals surface area contributed by atoms with Gasteiger partial charge in [0.15, 0.2) is 0 Å². The van der Waals surface area contributed by atoms with Crippen LogP contribution in [0.2, 0.25) is 0 Å². The van der Waals surface area contributed by atoms with Gasteiger partial charge >= 0.3 is 0 Å². The Morgan fingerprint density at radius 3 is 2.86 bits per heavy atom. The van der Waals surface area contributed by atoms with Crippen molar-refractivity contribution >= 4 is 17.5 Å². The van der Waals surface area contributed by atoms with Gasteiger partial charge in [-0.05, 0) is 49.1 Å². The van der Waals surface area contributed by atoms with Crippen molar-refractivity contribution < 1.29 is 14.0 Å². The molecule has 1 aliphatic heterocycles. The molecule has 0 radical (unpaired) electrons. The molecule has 2 aromatic carbocycles. The van der Waals surface area contributed by atoms with E-state index in [1.165, 1.54) is 18.3 Å². The lowest BCUT2D eigenvalue weighted by molar-refractivity contribution is -0.118. The molecule has 2 heterocycles. The van der Waals surface area contributed by atoms with Gasteiger partial charge in [-0.3, -0.25) is 9.59 Å². The van der Waals surface area contributed by atoms with E-state index in [-0.39, 0.29) is 17.5 Å². The molecule has 146 valence electrons. The van der Waals surface area contributed by atoms with Gasteiger partial charge in [0.05, 0.1) is 5.69 Å². The van der Waals surface area contributed by atoms with E-state index in [2.05, 4.69) is 20.6 Å². The van der Waals surface area contributed by atoms with Gasteiger partial charge in [-0.25, -0.2) is 14.4 Å². The van der Waals surface area contributed by atoms with Crippen LogP contribution >= 0.6 is 0 Å². The third-order valence-electron chi connectivity index (χ3n) is 4.87. The summed E-state index contributed by atoms with van der Waals surface area (Å²) in [4.78, 5) is 33.6. The number of halogens is 1. The number of para-hydroxylation sites is 1. The van der Waals surface area contributed by atoms with E-state index in [0.717, 1.165) is 16.8 Å². The van der Waals surface area contributed by atoms with Gasteiger partial charge in [-0.15, -0.1) is 0 Å². The Kier molecular flexibility index (Phi) is 5.03. The summed E-state index contributed by atoms with van der Waals surface area (Å²) >= 11 is 0. The standard InChI is InChI=1S/C22H19FN4O2/c1-13-12-24-20(27-19(13)15-6-4-7-16(23)11-15)22(29)26-18-10-9-14-5-2-3-8-17(14)25-21(18)28/h2-8,11-12,18H,9-10H2,1H3,(H,25,28)(H,26,29). The van der Waals surface area contributed by atoms with Crippen molar-refractivity contribution in [2.45, 2.75) is 25.8 Å². The Morgan fingerprint density at radius 2 is 2.03 bits per heavy atom. The number of fused-ring (bicyclic) bond motifs is 1. The average Bonchev–Trinajstić information content (AvgIpc) is 2.87. The number of carbonyl (C=O) groups excluding carboxylic acids is 2. The van der Waals surface area contributed by atoms with Crippen molar-refractivity contribution in [1.82, 2.24) is 15.3 Å². The Bertz CT molecular complexity index is 1100. The van der Waals surface area contributed by atoms with E-state index in [1.54, 1.807) is 19.1 Å². The van der Waals surface area contributed by atoms with Gasteiger partial charge in [0.25, 0.3) is 5.91 Å². The third kappa shape index (κ3) is 3.99. The highest BCUT2D eigenvalue weighted by molar-refractivity contribution is 6.00. The number of hydrogen-bond donors (Lipinski definition) is 2. The zero-order valence-electron chi connectivity index (χ0n) is 15.8. The Morgan fingerprint density at radius 1 is 1.21 bits per heavy atom. The molecule has 2 N–H and O–H groups in total. The minimum Gasteiger partial charge on any atom is -0.337 e. The Labute approximate surface area is 167 Å². The average molecular weight is 390 g/mol. The molecule has 6 nitrogen and oxygen atoms in total. The molecule has 0 saturated heterocycles. The number of carbonyl (C=O) groups is 2. The van der Waals surface area contributed by atoms with E-state index in [9.17, 15) is 14.0 Å². The predicted octanol–water partition coefficient (Wildman–Crippen LogP) is 3.27. The summed E-state index contributed by atoms with van der Waals surface area (Å²) in [7, 11) is 0. The molecule has 1 aliphatic rings. The number of anilines is 1. The van der Waals surface area contributed by atoms with Gasteiger partial charge in [-0.1, -0.05) is 30.3 Å². The van der Waals surface area contributed by atoms with Crippen LogP contribution in [0.4, 0.5) is 10.1 Å². The summed E-state index contributed by atoms with van der Waals surface area (Å²) in [5, 5.41) is 5.56. The maximum absolute atomic E-state index is 13.6. The largest absolute Gasteiger partial charge is 0.337 e. The number of aromatic nitrogens is 2. The van der Waals surface area contributed by atoms with Crippen LogP contribution in [0.5, 0.6) is 0 Å². The fourth-order valence-electron chi connectivity index (χ4n) is 3.35. The molecule has 2 amide bonds. The number of nitrogens with one attached hydrogen (secondary N) is 2. The van der Waals surface area contributed by atoms with E-state index in [1.807, 2.05) is 24.3 Å². The highest BCUT2D eigenvalue weighted by atomic mass is 19.1. The Balaban J connectivity index is 1.55. The summed E-state index contributed by atoms with van der Waals surface area (Å²) in [5.74, 6) is -1.28. The monoisotopic (exact) mass is 390 g/mol. The molecule has 1 atom stereocenters. The van der Waals surface area contributed by atoms with Crippen LogP contribution in [-0.2, 0) is 11.2 Å². The summed E-state index contributed by atoms with van der Waals surface area (Å²) in [6, 6.07) is 12.9. The van der Waals surface area contributed by atoms with Crippen LogP contribution in [0.3, 0.4) is 0 Å². The maximum atomic E-state index is 13.6. The molecular weight excluding hydrogens is 371 g/mol. The number of aryl methyl sites for hydroxylation is 2. The summed E-state index contributed by atoms with van der Waals surface area (Å²) in [6.07, 6.45) is 2.64. The normalized spacial score (nSPS) is 15.8. The van der Waals surface area contributed by atoms with Gasteiger partial charge < -0.3 is 10.6 Å². The first-order chi connectivity index (χ1) is 14.0. The minimum absolute atomic E-state index is 0.0653. The maximum Gasteiger partial charge on any atom is 0.289 e. The molecular formula is C22H19FN4O2. The van der Waals surface area contributed by atoms with Crippen molar-refractivity contribution in [2.24, 2.45) is 0 Å². The molecule has 4 rings (SSSR count). The van der Waals surface area contributed by atoms with Crippen LogP contribution in [0.25, 0.3) is 11.3 Å². The first-order valence-corrected chi connectivity index (χ1v) is 9.30. The number of hydrogen-bond acceptors (Lipinski definition) is 4. The highest BCUT2D eigenvalue weighted by Gasteiger charge is 2.26. The molecule has 0 aliphatic carbocycles. The van der Waals surface area contributed by atoms with Crippen LogP contribution in [0.15, 0.2) is 54.7 Å². The summed E-state index contributed by atoms with van der Waals surface area (Å²) in [5.41, 5.74) is 3.53. The van der Waals surface area contributed by atoms with Gasteiger partial charge in [0, 0.05) is 17.4 Å². The number of amides is 2. The second-order valence-corrected chi connectivity index (χ2v) is 6.95. The lowest BCUT2D eigenvalue weighted by Gasteiger charge is -2.15. The molecule has 1 aromatic heterocycles. The van der Waals surface area contributed by atoms with Crippen LogP contribution in [0, 0.1) is 12.7 Å². The highest BCUT2D eigenvalue weighted by Crippen LogP contribution is 2.23. The number of benzene rings is 2. The van der Waals surface area contributed by atoms with Crippen LogP contribution in [-0.4, -0.2) is 27.8 Å². The molecule has 0 bridgehead atoms. The quantitative estimate of drug-likeness (QED) is 0.719. The molecule has 0 fully saturated rings. The van der Waals surface area contributed by atoms with Crippen LogP contribution in [0.1, 0.15) is 28.2 Å². The fourth-order valence-corrected chi connectivity index (χ4v) is 3.35. The summed E-state index contributed by atoms with van der Waals surface area (Å²) in [6.45, 7) is 1.79. The van der Waals surface area contributed by atoms with Gasteiger partial charge in [-0.2, -0.15) is 0 Å². The minimum atomic E-state index is -0.697. The topological polar surface area (TPSA) is 84.0 Å². The zero-order valence-corrected chi connectivity index (χ0v) is 15.8. The smallest absolute Gasteiger partial charge is 0.289 e. The third-order valence-corrected chi connectivity index (χ3v) is 4.87. The van der Waals surface area contributed by atoms with Crippen molar-refractivity contribution in [3.63, 3.8) is 0 Å². The Hall–Kier alpha value is -3.61. The van der Waals surface area contributed by atoms with Crippen LogP contribution < -0.4 is 10.6 Å². The van der Waals surface area contributed by atoms with E-state index >= 15 is 0 Å². The molecule has 29 heavy (non-hydrogen) atoms. The lowest BCUT2D eigenvalue weighted by Crippen LogP contribution is -2.43. The first kappa shape index (κ1) is 18.7. The molecule has 1 unspecified atom stereocenters. The molecule has 0 spiro atoms. The second kappa shape index (κ2) is 7.79. The molecule has 0 saturated carbocycles. The van der Waals surface area contributed by atoms with Crippen molar-refractivity contribution in [3.05, 3.63) is 77.5 Å². The second-order valence-electron chi connectivity index (χ2n) is 6.95. The molecule has 7 heteroatoms. The fraction of sp³-hybridized carbons (Fsp3) is 0.182. The number of rotatable bonds is 3. The zero-order chi connectivity index (χ0) is 20.4. The van der Waals surface area contributed by atoms with E-state index < -0.39 is 11.9 Å². The van der Waals surface area contributed by atoms with Crippen molar-refractivity contribution in [1.29, 1.82) is 0 Å². The first-order valence-electron chi connectivity index (χ1n) is 9.30. The number of nitrogens with zero attached hydrogens (tertiary/aromatic N) is 2. The van der Waals surface area contributed by atoms with Gasteiger partial charge in [0.1, 0.15) is 11.9 Å². The predicted molar refractivity (Wildman–Crippen MR) is 107 cm³/mol. The van der Waals surface area contributed by atoms with E-state index in [4.69, 9.17) is 0 Å². The lowest BCUT2D eigenvalue weighted by atomic mass is 10.1. The van der Waals surface area contributed by atoms with Crippen molar-refractivity contribution in [2.75, 3.05) is 5.32 Å². The van der Waals surface area contributed by atoms with Crippen molar-refractivity contribution in [3.8, 4) is 11.3 Å². The van der Waals surface area contributed by atoms with Gasteiger partial charge in [0.2, 0.25) is 11.7 Å². The molecule has 3 aromatic rings.